The van der Waals surface area contributed by atoms with Gasteiger partial charge in [-0.2, -0.15) is 0 Å². The summed E-state index contributed by atoms with van der Waals surface area (Å²) in [6.07, 6.45) is 6.79. The maximum Gasteiger partial charge on any atom is 0.291 e. The molecular formula is C26H20N4O3. The van der Waals surface area contributed by atoms with E-state index in [4.69, 9.17) is 4.74 Å². The number of hydrogen-bond donors (Lipinski definition) is 2. The van der Waals surface area contributed by atoms with Crippen LogP contribution in [0.3, 0.4) is 0 Å². The molecule has 0 saturated carbocycles. The van der Waals surface area contributed by atoms with Gasteiger partial charge < -0.3 is 15.4 Å². The first-order chi connectivity index (χ1) is 16.0. The number of benzene rings is 2. The van der Waals surface area contributed by atoms with E-state index in [1.54, 1.807) is 36.7 Å². The van der Waals surface area contributed by atoms with Crippen LogP contribution >= 0.6 is 0 Å². The van der Waals surface area contributed by atoms with Gasteiger partial charge in [-0.05, 0) is 60.7 Å². The maximum absolute atomic E-state index is 12.8. The van der Waals surface area contributed by atoms with Crippen molar-refractivity contribution >= 4 is 45.0 Å². The predicted octanol–water partition coefficient (Wildman–Crippen LogP) is 4.79. The minimum absolute atomic E-state index is 0.0733. The second kappa shape index (κ2) is 8.55. The fourth-order valence-corrected chi connectivity index (χ4v) is 3.65. The number of nitrogens with one attached hydrogen (secondary N) is 2. The molecule has 1 aliphatic rings. The minimum Gasteiger partial charge on any atom is -0.446 e. The number of rotatable bonds is 4. The van der Waals surface area contributed by atoms with E-state index in [1.165, 1.54) is 0 Å². The van der Waals surface area contributed by atoms with Crippen LogP contribution in [0.1, 0.15) is 6.92 Å². The third-order valence-electron chi connectivity index (χ3n) is 5.22. The Labute approximate surface area is 189 Å². The molecule has 0 atom stereocenters. The van der Waals surface area contributed by atoms with Gasteiger partial charge in [0.15, 0.2) is 11.5 Å². The van der Waals surface area contributed by atoms with Gasteiger partial charge in [-0.15, -0.1) is 0 Å². The van der Waals surface area contributed by atoms with E-state index in [2.05, 4.69) is 20.6 Å². The van der Waals surface area contributed by atoms with Gasteiger partial charge in [-0.1, -0.05) is 19.1 Å². The van der Waals surface area contributed by atoms with Crippen molar-refractivity contribution < 1.29 is 14.3 Å². The minimum atomic E-state index is -0.430. The summed E-state index contributed by atoms with van der Waals surface area (Å²) in [5.74, 6) is -0.865. The number of carbonyl (C=O) groups is 2. The topological polar surface area (TPSA) is 93.2 Å². The molecule has 33 heavy (non-hydrogen) atoms. The maximum atomic E-state index is 12.8. The van der Waals surface area contributed by atoms with E-state index in [1.807, 2.05) is 55.5 Å². The summed E-state index contributed by atoms with van der Waals surface area (Å²) in [7, 11) is 0. The van der Waals surface area contributed by atoms with Gasteiger partial charge in [-0.3, -0.25) is 19.6 Å². The predicted molar refractivity (Wildman–Crippen MR) is 127 cm³/mol. The highest BCUT2D eigenvalue weighted by atomic mass is 16.5. The van der Waals surface area contributed by atoms with E-state index in [0.717, 1.165) is 21.8 Å². The van der Waals surface area contributed by atoms with Crippen molar-refractivity contribution in [3.05, 3.63) is 96.7 Å². The van der Waals surface area contributed by atoms with Crippen molar-refractivity contribution in [2.75, 3.05) is 10.6 Å². The van der Waals surface area contributed by atoms with Crippen LogP contribution in [0, 0.1) is 5.92 Å². The van der Waals surface area contributed by atoms with Gasteiger partial charge in [0.2, 0.25) is 0 Å². The van der Waals surface area contributed by atoms with E-state index in [0.29, 0.717) is 11.4 Å². The van der Waals surface area contributed by atoms with E-state index in [9.17, 15) is 9.59 Å². The molecule has 2 aromatic heterocycles. The lowest BCUT2D eigenvalue weighted by molar-refractivity contribution is -0.118. The van der Waals surface area contributed by atoms with E-state index >= 15 is 0 Å². The average molecular weight is 436 g/mol. The molecule has 0 bridgehead atoms. The fourth-order valence-electron chi connectivity index (χ4n) is 3.65. The summed E-state index contributed by atoms with van der Waals surface area (Å²) in [6, 6.07) is 18.4. The lowest BCUT2D eigenvalue weighted by Crippen LogP contribution is -2.24. The molecule has 0 radical (unpaired) electrons. The number of pyridine rings is 2. The van der Waals surface area contributed by atoms with Crippen molar-refractivity contribution in [3.8, 4) is 0 Å². The van der Waals surface area contributed by atoms with Crippen molar-refractivity contribution in [2.45, 2.75) is 6.92 Å². The summed E-state index contributed by atoms with van der Waals surface area (Å²) in [5, 5.41) is 7.48. The Morgan fingerprint density at radius 3 is 1.73 bits per heavy atom. The molecule has 1 aliphatic heterocycles. The first kappa shape index (κ1) is 20.4. The lowest BCUT2D eigenvalue weighted by atomic mass is 10.1. The average Bonchev–Trinajstić information content (AvgIpc) is 2.83. The molecule has 7 nitrogen and oxygen atoms in total. The normalized spacial score (nSPS) is 13.7. The number of aromatic nitrogens is 2. The third-order valence-corrected chi connectivity index (χ3v) is 5.22. The molecule has 0 unspecified atom stereocenters. The fraction of sp³-hybridized carbons (Fsp3) is 0.0769. The summed E-state index contributed by atoms with van der Waals surface area (Å²) >= 11 is 0. The molecule has 5 rings (SSSR count). The summed E-state index contributed by atoms with van der Waals surface area (Å²) in [5.41, 5.74) is 2.90. The highest BCUT2D eigenvalue weighted by Gasteiger charge is 2.24. The number of nitrogens with zero attached hydrogens (tertiary/aromatic N) is 2. The second-order valence-electron chi connectivity index (χ2n) is 7.75. The number of carbonyl (C=O) groups excluding carboxylic acids is 2. The smallest absolute Gasteiger partial charge is 0.291 e. The van der Waals surface area contributed by atoms with Crippen molar-refractivity contribution in [3.63, 3.8) is 0 Å². The standard InChI is InChI=1S/C26H20N4O3/c1-16-12-23(25(31)29-19-6-8-21-17(14-19)4-2-10-27-21)33-24(13-16)26(32)30-20-7-9-22-18(15-20)5-3-11-28-22/h2-16H,1H3,(H,29,31)(H,30,32). The van der Waals surface area contributed by atoms with E-state index in [-0.39, 0.29) is 17.4 Å². The van der Waals surface area contributed by atoms with Gasteiger partial charge in [0.05, 0.1) is 11.0 Å². The number of ether oxygens (including phenoxy) is 1. The first-order valence-electron chi connectivity index (χ1n) is 10.5. The van der Waals surface area contributed by atoms with Crippen LogP contribution < -0.4 is 10.6 Å². The van der Waals surface area contributed by atoms with Crippen LogP contribution in [0.25, 0.3) is 21.8 Å². The van der Waals surface area contributed by atoms with E-state index < -0.39 is 11.8 Å². The monoisotopic (exact) mass is 436 g/mol. The number of anilines is 2. The van der Waals surface area contributed by atoms with Gasteiger partial charge in [0.1, 0.15) is 0 Å². The van der Waals surface area contributed by atoms with Crippen molar-refractivity contribution in [2.24, 2.45) is 5.92 Å². The highest BCUT2D eigenvalue weighted by Crippen LogP contribution is 2.24. The first-order valence-corrected chi connectivity index (χ1v) is 10.5. The lowest BCUT2D eigenvalue weighted by Gasteiger charge is -2.19. The molecule has 2 N–H and O–H groups in total. The Kier molecular flexibility index (Phi) is 5.28. The zero-order valence-corrected chi connectivity index (χ0v) is 17.8. The van der Waals surface area contributed by atoms with Crippen LogP contribution in [0.15, 0.2) is 96.7 Å². The SMILES string of the molecule is CC1C=C(C(=O)Nc2ccc3ncccc3c2)OC(C(=O)Nc2ccc3ncccc3c2)=C1. The Hall–Kier alpha value is -4.52. The molecule has 3 heterocycles. The number of fused-ring (bicyclic) bond motifs is 2. The molecule has 162 valence electrons. The molecule has 0 saturated heterocycles. The number of amides is 2. The summed E-state index contributed by atoms with van der Waals surface area (Å²) in [4.78, 5) is 34.2. The van der Waals surface area contributed by atoms with Crippen molar-refractivity contribution in [1.29, 1.82) is 0 Å². The second-order valence-corrected chi connectivity index (χ2v) is 7.75. The Bertz CT molecular complexity index is 1350. The zero-order valence-electron chi connectivity index (χ0n) is 17.8. The zero-order chi connectivity index (χ0) is 22.8. The van der Waals surface area contributed by atoms with Crippen LogP contribution in [-0.4, -0.2) is 21.8 Å². The van der Waals surface area contributed by atoms with Gasteiger partial charge >= 0.3 is 0 Å². The van der Waals surface area contributed by atoms with Crippen LogP contribution in [0.4, 0.5) is 11.4 Å². The molecular weight excluding hydrogens is 416 g/mol. The molecule has 0 fully saturated rings. The highest BCUT2D eigenvalue weighted by molar-refractivity contribution is 6.07. The van der Waals surface area contributed by atoms with Gasteiger partial charge in [-0.25, -0.2) is 0 Å². The van der Waals surface area contributed by atoms with Gasteiger partial charge in [0.25, 0.3) is 11.8 Å². The molecule has 2 amide bonds. The van der Waals surface area contributed by atoms with Gasteiger partial charge in [0, 0.05) is 40.5 Å². The van der Waals surface area contributed by atoms with Crippen LogP contribution in [0.2, 0.25) is 0 Å². The third kappa shape index (κ3) is 4.43. The Balaban J connectivity index is 1.29. The molecule has 4 aromatic rings. The molecule has 2 aromatic carbocycles. The van der Waals surface area contributed by atoms with Crippen LogP contribution in [-0.2, 0) is 14.3 Å². The molecule has 0 spiro atoms. The molecule has 0 aliphatic carbocycles. The summed E-state index contributed by atoms with van der Waals surface area (Å²) in [6.45, 7) is 1.88. The Morgan fingerprint density at radius 2 is 1.24 bits per heavy atom. The number of allylic oxidation sites excluding steroid dienone is 2. The largest absolute Gasteiger partial charge is 0.446 e. The van der Waals surface area contributed by atoms with Crippen molar-refractivity contribution in [1.82, 2.24) is 9.97 Å². The summed E-state index contributed by atoms with van der Waals surface area (Å²) < 4.78 is 5.67. The quantitative estimate of drug-likeness (QED) is 0.480. The van der Waals surface area contributed by atoms with Crippen LogP contribution in [0.5, 0.6) is 0 Å². The Morgan fingerprint density at radius 1 is 0.758 bits per heavy atom. The number of hydrogen-bond acceptors (Lipinski definition) is 5. The molecule has 7 heteroatoms.